The Bertz CT molecular complexity index is 1130. The Balaban J connectivity index is 1.33. The normalized spacial score (nSPS) is 21.3. The second-order valence-electron chi connectivity index (χ2n) is 7.97. The van der Waals surface area contributed by atoms with Crippen LogP contribution in [0.15, 0.2) is 18.2 Å². The molecule has 5 rings (SSSR count). The molecule has 3 aliphatic rings. The van der Waals surface area contributed by atoms with Crippen LogP contribution in [0.1, 0.15) is 54.7 Å². The highest BCUT2D eigenvalue weighted by Crippen LogP contribution is 2.30. The van der Waals surface area contributed by atoms with Crippen LogP contribution in [0, 0.1) is 0 Å². The van der Waals surface area contributed by atoms with Gasteiger partial charge in [-0.2, -0.15) is 0 Å². The van der Waals surface area contributed by atoms with Gasteiger partial charge >= 0.3 is 0 Å². The molecule has 2 aromatic rings. The Morgan fingerprint density at radius 2 is 1.94 bits per heavy atom. The number of carbonyl (C=O) groups is 4. The quantitative estimate of drug-likeness (QED) is 0.667. The Morgan fingerprint density at radius 1 is 1.13 bits per heavy atom. The maximum atomic E-state index is 13.0. The number of thiazole rings is 1. The van der Waals surface area contributed by atoms with Gasteiger partial charge in [-0.3, -0.25) is 34.3 Å². The molecular weight excluding hydrogens is 418 g/mol. The van der Waals surface area contributed by atoms with Gasteiger partial charge in [0.25, 0.3) is 11.8 Å². The van der Waals surface area contributed by atoms with Gasteiger partial charge in [0.1, 0.15) is 11.0 Å². The summed E-state index contributed by atoms with van der Waals surface area (Å²) in [5, 5.41) is 3.16. The molecule has 1 fully saturated rings. The first-order valence-electron chi connectivity index (χ1n) is 10.2. The number of amides is 4. The minimum Gasteiger partial charge on any atom is -0.325 e. The first kappa shape index (κ1) is 20.0. The molecule has 160 valence electrons. The predicted octanol–water partition coefficient (Wildman–Crippen LogP) is 0.561. The predicted molar refractivity (Wildman–Crippen MR) is 111 cm³/mol. The molecule has 10 heteroatoms. The van der Waals surface area contributed by atoms with Gasteiger partial charge in [-0.25, -0.2) is 4.98 Å². The van der Waals surface area contributed by atoms with E-state index in [1.165, 1.54) is 4.88 Å². The number of fused-ring (bicyclic) bond motifs is 2. The molecule has 0 spiro atoms. The lowest BCUT2D eigenvalue weighted by molar-refractivity contribution is -0.136. The number of rotatable bonds is 4. The fraction of sp³-hybridized carbons (Fsp3) is 0.381. The summed E-state index contributed by atoms with van der Waals surface area (Å²) in [6, 6.07) is 4.29. The van der Waals surface area contributed by atoms with Gasteiger partial charge in [0.15, 0.2) is 0 Å². The van der Waals surface area contributed by atoms with Crippen molar-refractivity contribution in [2.75, 3.05) is 6.54 Å². The summed E-state index contributed by atoms with van der Waals surface area (Å²) in [7, 11) is 0. The monoisotopic (exact) mass is 439 g/mol. The van der Waals surface area contributed by atoms with Crippen molar-refractivity contribution in [3.63, 3.8) is 0 Å². The third-order valence-electron chi connectivity index (χ3n) is 5.94. The summed E-state index contributed by atoms with van der Waals surface area (Å²) in [5.41, 5.74) is 8.30. The van der Waals surface area contributed by atoms with Crippen LogP contribution < -0.4 is 11.1 Å². The van der Waals surface area contributed by atoms with Crippen molar-refractivity contribution >= 4 is 35.0 Å². The molecule has 1 aromatic heterocycles. The molecule has 1 saturated heterocycles. The molecule has 1 aromatic carbocycles. The van der Waals surface area contributed by atoms with Crippen LogP contribution in [0.5, 0.6) is 0 Å². The van der Waals surface area contributed by atoms with Crippen molar-refractivity contribution in [3.8, 4) is 0 Å². The zero-order valence-corrected chi connectivity index (χ0v) is 17.5. The summed E-state index contributed by atoms with van der Waals surface area (Å²) >= 11 is 1.67. The van der Waals surface area contributed by atoms with Crippen LogP contribution in [0.4, 0.5) is 0 Å². The number of aromatic nitrogens is 1. The number of imide groups is 2. The largest absolute Gasteiger partial charge is 0.325 e. The van der Waals surface area contributed by atoms with Gasteiger partial charge in [0, 0.05) is 37.5 Å². The molecule has 1 unspecified atom stereocenters. The molecule has 3 aliphatic heterocycles. The number of carbonyl (C=O) groups excluding carboxylic acids is 4. The van der Waals surface area contributed by atoms with E-state index in [4.69, 9.17) is 5.73 Å². The molecule has 0 bridgehead atoms. The smallest absolute Gasteiger partial charge is 0.262 e. The zero-order valence-electron chi connectivity index (χ0n) is 16.7. The molecule has 0 radical (unpaired) electrons. The average Bonchev–Trinajstić information content (AvgIpc) is 3.27. The van der Waals surface area contributed by atoms with E-state index >= 15 is 0 Å². The minimum absolute atomic E-state index is 0.106. The third-order valence-corrected chi connectivity index (χ3v) is 7.12. The summed E-state index contributed by atoms with van der Waals surface area (Å²) < 4.78 is 0. The highest BCUT2D eigenvalue weighted by atomic mass is 32.1. The summed E-state index contributed by atoms with van der Waals surface area (Å²) in [5.74, 6) is -1.96. The van der Waals surface area contributed by atoms with Crippen LogP contribution in [0.2, 0.25) is 0 Å². The van der Waals surface area contributed by atoms with E-state index in [0.717, 1.165) is 40.7 Å². The molecule has 9 nitrogen and oxygen atoms in total. The van der Waals surface area contributed by atoms with E-state index < -0.39 is 23.8 Å². The summed E-state index contributed by atoms with van der Waals surface area (Å²) in [4.78, 5) is 58.5. The molecule has 4 heterocycles. The molecule has 31 heavy (non-hydrogen) atoms. The van der Waals surface area contributed by atoms with E-state index in [-0.39, 0.29) is 18.7 Å². The fourth-order valence-electron chi connectivity index (χ4n) is 4.40. The van der Waals surface area contributed by atoms with Gasteiger partial charge < -0.3 is 5.73 Å². The number of nitrogens with zero attached hydrogens (tertiary/aromatic N) is 3. The van der Waals surface area contributed by atoms with Crippen molar-refractivity contribution in [1.82, 2.24) is 20.1 Å². The lowest BCUT2D eigenvalue weighted by Crippen LogP contribution is -2.54. The van der Waals surface area contributed by atoms with Gasteiger partial charge in [0.05, 0.1) is 16.8 Å². The van der Waals surface area contributed by atoms with E-state index in [9.17, 15) is 19.2 Å². The van der Waals surface area contributed by atoms with Gasteiger partial charge in [-0.1, -0.05) is 6.07 Å². The van der Waals surface area contributed by atoms with E-state index in [2.05, 4.69) is 15.2 Å². The average molecular weight is 439 g/mol. The maximum absolute atomic E-state index is 13.0. The lowest BCUT2D eigenvalue weighted by Gasteiger charge is -2.27. The fourth-order valence-corrected chi connectivity index (χ4v) is 5.35. The van der Waals surface area contributed by atoms with E-state index in [1.807, 2.05) is 6.07 Å². The van der Waals surface area contributed by atoms with Crippen LogP contribution in [-0.4, -0.2) is 51.0 Å². The van der Waals surface area contributed by atoms with Crippen LogP contribution >= 0.6 is 11.3 Å². The van der Waals surface area contributed by atoms with Gasteiger partial charge in [-0.05, 0) is 30.5 Å². The molecule has 1 atom stereocenters. The Labute approximate surface area is 182 Å². The second kappa shape index (κ2) is 7.63. The second-order valence-corrected chi connectivity index (χ2v) is 9.14. The summed E-state index contributed by atoms with van der Waals surface area (Å²) in [6.45, 7) is 2.67. The SMILES string of the molecule is NCc1nc2c(s1)CCN(Cc1ccc3c(c1)C(=O)N(C1CCC(=O)NC1=O)C3=O)C2. The molecule has 0 aliphatic carbocycles. The number of benzene rings is 1. The zero-order chi connectivity index (χ0) is 21.7. The Kier molecular flexibility index (Phi) is 4.92. The van der Waals surface area contributed by atoms with E-state index in [0.29, 0.717) is 24.2 Å². The van der Waals surface area contributed by atoms with E-state index in [1.54, 1.807) is 23.5 Å². The van der Waals surface area contributed by atoms with Crippen molar-refractivity contribution in [2.24, 2.45) is 5.73 Å². The van der Waals surface area contributed by atoms with Crippen molar-refractivity contribution in [3.05, 3.63) is 50.5 Å². The molecule has 4 amide bonds. The number of nitrogens with two attached hydrogens (primary N) is 1. The van der Waals surface area contributed by atoms with Gasteiger partial charge in [-0.15, -0.1) is 11.3 Å². The third kappa shape index (κ3) is 3.46. The number of hydrogen-bond donors (Lipinski definition) is 2. The van der Waals surface area contributed by atoms with Crippen LogP contribution in [-0.2, 0) is 35.6 Å². The number of hydrogen-bond acceptors (Lipinski definition) is 8. The van der Waals surface area contributed by atoms with Crippen molar-refractivity contribution < 1.29 is 19.2 Å². The topological polar surface area (TPSA) is 126 Å². The highest BCUT2D eigenvalue weighted by Gasteiger charge is 2.44. The molecular formula is C21H21N5O4S. The first-order valence-corrected chi connectivity index (χ1v) is 11.0. The number of piperidine rings is 1. The lowest BCUT2D eigenvalue weighted by atomic mass is 10.0. The Hall–Kier alpha value is -2.95. The minimum atomic E-state index is -0.949. The maximum Gasteiger partial charge on any atom is 0.262 e. The molecule has 0 saturated carbocycles. The van der Waals surface area contributed by atoms with Crippen molar-refractivity contribution in [1.29, 1.82) is 0 Å². The van der Waals surface area contributed by atoms with Gasteiger partial charge in [0.2, 0.25) is 11.8 Å². The van der Waals surface area contributed by atoms with Crippen molar-refractivity contribution in [2.45, 2.75) is 44.9 Å². The van der Waals surface area contributed by atoms with Crippen LogP contribution in [0.25, 0.3) is 0 Å². The first-order chi connectivity index (χ1) is 14.9. The highest BCUT2D eigenvalue weighted by molar-refractivity contribution is 7.11. The molecule has 3 N–H and O–H groups in total. The summed E-state index contributed by atoms with van der Waals surface area (Å²) in [6.07, 6.45) is 1.17. The van der Waals surface area contributed by atoms with Crippen LogP contribution in [0.3, 0.4) is 0 Å². The Morgan fingerprint density at radius 3 is 2.71 bits per heavy atom. The standard InChI is InChI=1S/C21H21N5O4S/c22-8-18-23-14-10-25(6-5-16(14)31-18)9-11-1-2-12-13(7-11)21(30)26(20(12)29)15-3-4-17(27)24-19(15)28/h1-2,7,15H,3-6,8-10,22H2,(H,24,27,28). The number of nitrogens with one attached hydrogen (secondary N) is 1.